The van der Waals surface area contributed by atoms with E-state index in [0.29, 0.717) is 0 Å². The fourth-order valence-corrected chi connectivity index (χ4v) is 0.621. The zero-order valence-corrected chi connectivity index (χ0v) is 8.27. The maximum atomic E-state index is 10.8. The van der Waals surface area contributed by atoms with Crippen LogP contribution in [-0.4, -0.2) is 21.2 Å². The first-order valence-corrected chi connectivity index (χ1v) is 4.22. The molecular weight excluding hydrogens is 234 g/mol. The van der Waals surface area contributed by atoms with Crippen molar-refractivity contribution in [3.05, 3.63) is 0 Å². The monoisotopic (exact) mass is 236 g/mol. The summed E-state index contributed by atoms with van der Waals surface area (Å²) in [6, 6.07) is 0. The van der Waals surface area contributed by atoms with Crippen LogP contribution in [-0.2, 0) is 9.59 Å². The Morgan fingerprint density at radius 1 is 1.18 bits per heavy atom. The molecule has 0 unspecified atom stereocenters. The second-order valence-electron chi connectivity index (χ2n) is 1.77. The molecule has 6 heteroatoms. The van der Waals surface area contributed by atoms with Crippen LogP contribution in [0.15, 0.2) is 0 Å². The minimum atomic E-state index is -2.01. The van der Waals surface area contributed by atoms with Gasteiger partial charge in [-0.3, -0.25) is 9.59 Å². The highest BCUT2D eigenvalue weighted by Crippen LogP contribution is 2.28. The van der Waals surface area contributed by atoms with E-state index in [1.807, 2.05) is 0 Å². The molecule has 0 saturated carbocycles. The lowest BCUT2D eigenvalue weighted by Crippen LogP contribution is -2.22. The summed E-state index contributed by atoms with van der Waals surface area (Å²) in [7, 11) is 0. The van der Waals surface area contributed by atoms with E-state index < -0.39 is 21.8 Å². The van der Waals surface area contributed by atoms with Crippen molar-refractivity contribution in [3.63, 3.8) is 0 Å². The quantitative estimate of drug-likeness (QED) is 0.557. The molecule has 0 heterocycles. The Kier molecular flexibility index (Phi) is 4.71. The third-order valence-electron chi connectivity index (χ3n) is 0.823. The lowest BCUT2D eigenvalue weighted by Gasteiger charge is -2.06. The normalized spacial score (nSPS) is 11.3. The molecule has 0 atom stereocenters. The summed E-state index contributed by atoms with van der Waals surface area (Å²) in [5, 5.41) is 0. The molecule has 0 spiro atoms. The Hall–Kier alpha value is 0.500. The minimum Gasteiger partial charge on any atom is -0.298 e. The molecule has 0 aliphatic heterocycles. The number of carbonyl (C=O) groups is 2. The molecule has 0 aliphatic rings. The Bertz CT molecular complexity index is 172. The predicted molar refractivity (Wildman–Crippen MR) is 45.6 cm³/mol. The van der Waals surface area contributed by atoms with Gasteiger partial charge in [-0.25, -0.2) is 0 Å². The van der Waals surface area contributed by atoms with Crippen LogP contribution in [0.5, 0.6) is 0 Å². The van der Waals surface area contributed by atoms with Crippen LogP contribution in [0.1, 0.15) is 6.42 Å². The topological polar surface area (TPSA) is 34.1 Å². The highest BCUT2D eigenvalue weighted by Gasteiger charge is 2.31. The van der Waals surface area contributed by atoms with Crippen molar-refractivity contribution in [2.24, 2.45) is 0 Å². The molecule has 0 rings (SSSR count). The fourth-order valence-electron chi connectivity index (χ4n) is 0.327. The number of alkyl halides is 4. The molecule has 11 heavy (non-hydrogen) atoms. The van der Waals surface area contributed by atoms with Crippen LogP contribution in [0.2, 0.25) is 0 Å². The molecule has 0 N–H and O–H groups in total. The Balaban J connectivity index is 3.99. The molecule has 0 saturated heterocycles. The van der Waals surface area contributed by atoms with Gasteiger partial charge in [0.05, 0.1) is 12.3 Å². The summed E-state index contributed by atoms with van der Waals surface area (Å²) in [5.41, 5.74) is 0. The molecule has 0 aliphatic carbocycles. The van der Waals surface area contributed by atoms with Gasteiger partial charge in [0.15, 0.2) is 11.6 Å². The van der Waals surface area contributed by atoms with Crippen LogP contribution in [0.4, 0.5) is 0 Å². The van der Waals surface area contributed by atoms with Gasteiger partial charge in [-0.15, -0.1) is 11.6 Å². The first kappa shape index (κ1) is 11.5. The minimum absolute atomic E-state index is 0.244. The Morgan fingerprint density at radius 3 is 1.91 bits per heavy atom. The summed E-state index contributed by atoms with van der Waals surface area (Å²) in [4.78, 5) is 21.3. The summed E-state index contributed by atoms with van der Waals surface area (Å²) in [6.07, 6.45) is -0.431. The van der Waals surface area contributed by atoms with Crippen LogP contribution < -0.4 is 0 Å². The smallest absolute Gasteiger partial charge is 0.249 e. The average Bonchev–Trinajstić information content (AvgIpc) is 1.85. The van der Waals surface area contributed by atoms with Gasteiger partial charge in [0, 0.05) is 0 Å². The van der Waals surface area contributed by atoms with Gasteiger partial charge in [0.2, 0.25) is 3.79 Å². The highest BCUT2D eigenvalue weighted by atomic mass is 35.6. The summed E-state index contributed by atoms with van der Waals surface area (Å²) in [5.74, 6) is -1.46. The van der Waals surface area contributed by atoms with E-state index in [-0.39, 0.29) is 5.88 Å². The van der Waals surface area contributed by atoms with Crippen molar-refractivity contribution in [3.8, 4) is 0 Å². The van der Waals surface area contributed by atoms with Gasteiger partial charge in [0.1, 0.15) is 0 Å². The van der Waals surface area contributed by atoms with Crippen molar-refractivity contribution in [2.45, 2.75) is 10.2 Å². The molecular formula is C5H4Cl4O2. The summed E-state index contributed by atoms with van der Waals surface area (Å²) >= 11 is 20.6. The van der Waals surface area contributed by atoms with Gasteiger partial charge in [-0.1, -0.05) is 34.8 Å². The zero-order chi connectivity index (χ0) is 9.07. The van der Waals surface area contributed by atoms with Crippen LogP contribution in [0.3, 0.4) is 0 Å². The highest BCUT2D eigenvalue weighted by molar-refractivity contribution is 6.76. The fraction of sp³-hybridized carbons (Fsp3) is 0.600. The third-order valence-corrected chi connectivity index (χ3v) is 1.75. The van der Waals surface area contributed by atoms with Gasteiger partial charge >= 0.3 is 0 Å². The molecule has 0 amide bonds. The molecule has 0 bridgehead atoms. The molecule has 64 valence electrons. The number of hydrogen-bond acceptors (Lipinski definition) is 2. The number of Topliss-reactive ketones (excluding diaryl/α,β-unsaturated/α-hetero) is 2. The van der Waals surface area contributed by atoms with E-state index in [1.165, 1.54) is 0 Å². The maximum Gasteiger partial charge on any atom is 0.249 e. The van der Waals surface area contributed by atoms with E-state index in [9.17, 15) is 9.59 Å². The second kappa shape index (κ2) is 4.51. The van der Waals surface area contributed by atoms with E-state index >= 15 is 0 Å². The number of hydrogen-bond donors (Lipinski definition) is 0. The first-order valence-electron chi connectivity index (χ1n) is 2.55. The molecule has 0 aromatic carbocycles. The van der Waals surface area contributed by atoms with Crippen LogP contribution in [0, 0.1) is 0 Å². The van der Waals surface area contributed by atoms with Gasteiger partial charge in [0.25, 0.3) is 0 Å². The molecule has 0 aromatic rings. The lowest BCUT2D eigenvalue weighted by molar-refractivity contribution is -0.125. The van der Waals surface area contributed by atoms with E-state index in [0.717, 1.165) is 0 Å². The Morgan fingerprint density at radius 2 is 1.64 bits per heavy atom. The lowest BCUT2D eigenvalue weighted by atomic mass is 10.2. The van der Waals surface area contributed by atoms with Crippen molar-refractivity contribution in [1.29, 1.82) is 0 Å². The number of ketones is 2. The van der Waals surface area contributed by atoms with Crippen molar-refractivity contribution >= 4 is 58.0 Å². The standard InChI is InChI=1S/C5H4Cl4O2/c6-2-3(10)1-4(11)5(7,8)9/h1-2H2. The number of carbonyl (C=O) groups excluding carboxylic acids is 2. The SMILES string of the molecule is O=C(CCl)CC(=O)C(Cl)(Cl)Cl. The third kappa shape index (κ3) is 4.86. The molecule has 2 nitrogen and oxygen atoms in total. The van der Waals surface area contributed by atoms with Crippen LogP contribution >= 0.6 is 46.4 Å². The first-order chi connectivity index (χ1) is 4.88. The second-order valence-corrected chi connectivity index (χ2v) is 4.32. The summed E-state index contributed by atoms with van der Waals surface area (Å²) < 4.78 is -2.01. The zero-order valence-electron chi connectivity index (χ0n) is 5.24. The molecule has 0 radical (unpaired) electrons. The van der Waals surface area contributed by atoms with Gasteiger partial charge in [-0.05, 0) is 0 Å². The number of rotatable bonds is 3. The van der Waals surface area contributed by atoms with Crippen LogP contribution in [0.25, 0.3) is 0 Å². The van der Waals surface area contributed by atoms with Crippen molar-refractivity contribution in [2.75, 3.05) is 5.88 Å². The van der Waals surface area contributed by atoms with E-state index in [2.05, 4.69) is 0 Å². The van der Waals surface area contributed by atoms with Crippen molar-refractivity contribution < 1.29 is 9.59 Å². The Labute approximate surface area is 83.7 Å². The van der Waals surface area contributed by atoms with E-state index in [1.54, 1.807) is 0 Å². The van der Waals surface area contributed by atoms with E-state index in [4.69, 9.17) is 46.4 Å². The largest absolute Gasteiger partial charge is 0.298 e. The summed E-state index contributed by atoms with van der Waals surface area (Å²) in [6.45, 7) is 0. The van der Waals surface area contributed by atoms with Gasteiger partial charge in [-0.2, -0.15) is 0 Å². The molecule has 0 fully saturated rings. The average molecular weight is 238 g/mol. The maximum absolute atomic E-state index is 10.8. The number of halogens is 4. The predicted octanol–water partition coefficient (Wildman–Crippen LogP) is 2.12. The molecule has 0 aromatic heterocycles. The van der Waals surface area contributed by atoms with Crippen molar-refractivity contribution in [1.82, 2.24) is 0 Å². The van der Waals surface area contributed by atoms with Gasteiger partial charge < -0.3 is 0 Å².